The lowest BCUT2D eigenvalue weighted by atomic mass is 10.1. The Morgan fingerprint density at radius 3 is 2.94 bits per heavy atom. The van der Waals surface area contributed by atoms with Crippen LogP contribution in [0, 0.1) is 5.92 Å². The maximum Gasteiger partial charge on any atom is 0.213 e. The van der Waals surface area contributed by atoms with Crippen molar-refractivity contribution in [1.29, 1.82) is 0 Å². The van der Waals surface area contributed by atoms with E-state index in [2.05, 4.69) is 16.8 Å². The van der Waals surface area contributed by atoms with Gasteiger partial charge in [-0.2, -0.15) is 0 Å². The van der Waals surface area contributed by atoms with Gasteiger partial charge >= 0.3 is 0 Å². The van der Waals surface area contributed by atoms with E-state index >= 15 is 0 Å². The number of hydrogen-bond acceptors (Lipinski definition) is 4. The van der Waals surface area contributed by atoms with Crippen LogP contribution in [0.3, 0.4) is 0 Å². The average molecular weight is 221 g/mol. The van der Waals surface area contributed by atoms with Crippen LogP contribution in [-0.2, 0) is 6.54 Å². The molecular weight excluding hydrogens is 202 g/mol. The minimum atomic E-state index is 0.297. The molecule has 0 bridgehead atoms. The normalized spacial score (nSPS) is 25.9. The molecule has 4 nitrogen and oxygen atoms in total. The number of rotatable bonds is 3. The van der Waals surface area contributed by atoms with Crippen LogP contribution in [0.25, 0.3) is 0 Å². The fourth-order valence-electron chi connectivity index (χ4n) is 2.11. The summed E-state index contributed by atoms with van der Waals surface area (Å²) in [6.45, 7) is 5.07. The molecular formula is C12H19N3O. The maximum atomic E-state index is 5.99. The zero-order chi connectivity index (χ0) is 11.5. The van der Waals surface area contributed by atoms with Gasteiger partial charge in [0.1, 0.15) is 0 Å². The molecule has 0 aliphatic carbocycles. The number of methoxy groups -OCH3 is 1. The molecule has 1 fully saturated rings. The third-order valence-electron chi connectivity index (χ3n) is 3.12. The van der Waals surface area contributed by atoms with E-state index in [0.29, 0.717) is 17.8 Å². The minimum absolute atomic E-state index is 0.297. The fraction of sp³-hybridized carbons (Fsp3) is 0.583. The molecule has 2 atom stereocenters. The number of nitrogens with zero attached hydrogens (tertiary/aromatic N) is 2. The lowest BCUT2D eigenvalue weighted by Crippen LogP contribution is -2.28. The molecule has 4 heteroatoms. The molecule has 88 valence electrons. The second-order valence-electron chi connectivity index (χ2n) is 4.51. The van der Waals surface area contributed by atoms with E-state index in [9.17, 15) is 0 Å². The molecule has 2 unspecified atom stereocenters. The van der Waals surface area contributed by atoms with Gasteiger partial charge in [-0.3, -0.25) is 4.90 Å². The van der Waals surface area contributed by atoms with Gasteiger partial charge in [0.05, 0.1) is 12.8 Å². The molecule has 0 amide bonds. The van der Waals surface area contributed by atoms with Gasteiger partial charge in [-0.25, -0.2) is 4.98 Å². The second-order valence-corrected chi connectivity index (χ2v) is 4.51. The Morgan fingerprint density at radius 1 is 1.50 bits per heavy atom. The smallest absolute Gasteiger partial charge is 0.213 e. The molecule has 0 aromatic carbocycles. The van der Waals surface area contributed by atoms with Crippen LogP contribution in [0.1, 0.15) is 12.6 Å². The molecule has 0 saturated carbocycles. The largest absolute Gasteiger partial charge is 0.481 e. The van der Waals surface area contributed by atoms with Gasteiger partial charge in [0.15, 0.2) is 0 Å². The Kier molecular flexibility index (Phi) is 3.41. The zero-order valence-corrected chi connectivity index (χ0v) is 9.89. The summed E-state index contributed by atoms with van der Waals surface area (Å²) >= 11 is 0. The molecule has 1 aromatic heterocycles. The van der Waals surface area contributed by atoms with E-state index in [0.717, 1.165) is 25.3 Å². The molecule has 16 heavy (non-hydrogen) atoms. The summed E-state index contributed by atoms with van der Waals surface area (Å²) in [5, 5.41) is 0. The summed E-state index contributed by atoms with van der Waals surface area (Å²) in [5.74, 6) is 1.25. The van der Waals surface area contributed by atoms with Gasteiger partial charge < -0.3 is 10.5 Å². The van der Waals surface area contributed by atoms with Crippen LogP contribution in [0.15, 0.2) is 18.2 Å². The highest BCUT2D eigenvalue weighted by atomic mass is 16.5. The Balaban J connectivity index is 1.99. The number of nitrogens with two attached hydrogens (primary N) is 1. The lowest BCUT2D eigenvalue weighted by Gasteiger charge is -2.14. The predicted octanol–water partition coefficient (Wildman–Crippen LogP) is 0.869. The van der Waals surface area contributed by atoms with Crippen LogP contribution in [0.2, 0.25) is 0 Å². The first kappa shape index (κ1) is 11.4. The van der Waals surface area contributed by atoms with E-state index in [1.54, 1.807) is 7.11 Å². The Hall–Kier alpha value is -1.13. The zero-order valence-electron chi connectivity index (χ0n) is 9.89. The summed E-state index contributed by atoms with van der Waals surface area (Å²) in [7, 11) is 1.64. The van der Waals surface area contributed by atoms with Crippen LogP contribution in [0.5, 0.6) is 5.88 Å². The van der Waals surface area contributed by atoms with E-state index in [1.165, 1.54) is 0 Å². The predicted molar refractivity (Wildman–Crippen MR) is 63.2 cm³/mol. The fourth-order valence-corrected chi connectivity index (χ4v) is 2.11. The topological polar surface area (TPSA) is 51.4 Å². The van der Waals surface area contributed by atoms with E-state index in [1.807, 2.05) is 18.2 Å². The number of hydrogen-bond donors (Lipinski definition) is 1. The number of likely N-dealkylation sites (tertiary alicyclic amines) is 1. The second kappa shape index (κ2) is 4.80. The van der Waals surface area contributed by atoms with Crippen molar-refractivity contribution in [2.24, 2.45) is 11.7 Å². The first-order valence-electron chi connectivity index (χ1n) is 5.67. The quantitative estimate of drug-likeness (QED) is 0.823. The van der Waals surface area contributed by atoms with Crippen molar-refractivity contribution >= 4 is 0 Å². The molecule has 0 spiro atoms. The first-order chi connectivity index (χ1) is 7.69. The summed E-state index contributed by atoms with van der Waals surface area (Å²) in [6, 6.07) is 6.16. The van der Waals surface area contributed by atoms with Gasteiger partial charge in [0, 0.05) is 31.7 Å². The highest BCUT2D eigenvalue weighted by Crippen LogP contribution is 2.17. The van der Waals surface area contributed by atoms with Crippen molar-refractivity contribution in [2.75, 3.05) is 20.2 Å². The summed E-state index contributed by atoms with van der Waals surface area (Å²) in [5.41, 5.74) is 7.03. The molecule has 1 aliphatic heterocycles. The van der Waals surface area contributed by atoms with Crippen molar-refractivity contribution in [3.05, 3.63) is 23.9 Å². The van der Waals surface area contributed by atoms with Crippen LogP contribution < -0.4 is 10.5 Å². The molecule has 1 aromatic rings. The van der Waals surface area contributed by atoms with Gasteiger partial charge in [0.25, 0.3) is 0 Å². The molecule has 2 heterocycles. The SMILES string of the molecule is COc1cccc(CN2CC(C)C(N)C2)n1. The Labute approximate surface area is 96.4 Å². The minimum Gasteiger partial charge on any atom is -0.481 e. The van der Waals surface area contributed by atoms with Crippen molar-refractivity contribution in [2.45, 2.75) is 19.5 Å². The molecule has 0 radical (unpaired) electrons. The van der Waals surface area contributed by atoms with Crippen molar-refractivity contribution < 1.29 is 4.74 Å². The monoisotopic (exact) mass is 221 g/mol. The summed E-state index contributed by atoms with van der Waals surface area (Å²) in [6.07, 6.45) is 0. The van der Waals surface area contributed by atoms with Crippen LogP contribution in [-0.4, -0.2) is 36.1 Å². The standard InChI is InChI=1S/C12H19N3O/c1-9-6-15(8-11(9)13)7-10-4-3-5-12(14-10)16-2/h3-5,9,11H,6-8,13H2,1-2H3. The average Bonchev–Trinajstić information content (AvgIpc) is 2.58. The van der Waals surface area contributed by atoms with Crippen molar-refractivity contribution in [3.8, 4) is 5.88 Å². The van der Waals surface area contributed by atoms with Crippen LogP contribution in [0.4, 0.5) is 0 Å². The van der Waals surface area contributed by atoms with Gasteiger partial charge in [-0.05, 0) is 12.0 Å². The van der Waals surface area contributed by atoms with Gasteiger partial charge in [-0.15, -0.1) is 0 Å². The van der Waals surface area contributed by atoms with Gasteiger partial charge in [-0.1, -0.05) is 13.0 Å². The highest BCUT2D eigenvalue weighted by molar-refractivity contribution is 5.15. The summed E-state index contributed by atoms with van der Waals surface area (Å²) in [4.78, 5) is 6.74. The van der Waals surface area contributed by atoms with E-state index in [-0.39, 0.29) is 0 Å². The lowest BCUT2D eigenvalue weighted by molar-refractivity contribution is 0.312. The highest BCUT2D eigenvalue weighted by Gasteiger charge is 2.26. The Bertz CT molecular complexity index is 346. The molecule has 1 saturated heterocycles. The Morgan fingerprint density at radius 2 is 2.31 bits per heavy atom. The molecule has 2 N–H and O–H groups in total. The van der Waals surface area contributed by atoms with Crippen LogP contribution >= 0.6 is 0 Å². The number of pyridine rings is 1. The van der Waals surface area contributed by atoms with Crippen molar-refractivity contribution in [1.82, 2.24) is 9.88 Å². The molecule has 1 aliphatic rings. The van der Waals surface area contributed by atoms with Gasteiger partial charge in [0.2, 0.25) is 5.88 Å². The third-order valence-corrected chi connectivity index (χ3v) is 3.12. The number of aromatic nitrogens is 1. The maximum absolute atomic E-state index is 5.99. The number of ether oxygens (including phenoxy) is 1. The third kappa shape index (κ3) is 2.51. The van der Waals surface area contributed by atoms with Crippen molar-refractivity contribution in [3.63, 3.8) is 0 Å². The van der Waals surface area contributed by atoms with E-state index < -0.39 is 0 Å². The summed E-state index contributed by atoms with van der Waals surface area (Å²) < 4.78 is 5.11. The first-order valence-corrected chi connectivity index (χ1v) is 5.67. The van der Waals surface area contributed by atoms with E-state index in [4.69, 9.17) is 10.5 Å². The molecule has 2 rings (SSSR count).